The smallest absolute Gasteiger partial charge is 0.257 e. The van der Waals surface area contributed by atoms with Gasteiger partial charge in [-0.1, -0.05) is 36.4 Å². The van der Waals surface area contributed by atoms with Crippen molar-refractivity contribution in [3.05, 3.63) is 89.2 Å². The Morgan fingerprint density at radius 3 is 2.59 bits per heavy atom. The molecule has 2 amide bonds. The Bertz CT molecular complexity index is 1310. The minimum Gasteiger partial charge on any atom is -0.349 e. The largest absolute Gasteiger partial charge is 0.349 e. The molecule has 5 rings (SSSR count). The second-order valence-electron chi connectivity index (χ2n) is 8.16. The summed E-state index contributed by atoms with van der Waals surface area (Å²) in [5, 5.41) is 11.1. The standard InChI is InChI=1S/C25H23N5O2/c1-16-7-8-18(24(31)28-21-9-10-21)12-22(16)29-25(32)20-11-19-14-27-30(23(19)26-13-20)15-17-5-3-2-4-6-17/h2-8,11-14,21H,9-10,15H2,1H3,(H,28,31)(H,29,32). The van der Waals surface area contributed by atoms with Crippen LogP contribution in [0, 0.1) is 6.92 Å². The van der Waals surface area contributed by atoms with Crippen molar-refractivity contribution in [2.24, 2.45) is 0 Å². The molecule has 7 heteroatoms. The molecule has 0 spiro atoms. The number of carbonyl (C=O) groups excluding carboxylic acids is 2. The fourth-order valence-corrected chi connectivity index (χ4v) is 3.56. The van der Waals surface area contributed by atoms with E-state index < -0.39 is 0 Å². The summed E-state index contributed by atoms with van der Waals surface area (Å²) in [6.07, 6.45) is 5.33. The Kier molecular flexibility index (Phi) is 5.15. The van der Waals surface area contributed by atoms with Gasteiger partial charge in [0.15, 0.2) is 5.65 Å². The summed E-state index contributed by atoms with van der Waals surface area (Å²) < 4.78 is 1.82. The molecule has 7 nitrogen and oxygen atoms in total. The van der Waals surface area contributed by atoms with Gasteiger partial charge in [0.05, 0.1) is 18.3 Å². The Labute approximate surface area is 185 Å². The van der Waals surface area contributed by atoms with E-state index in [9.17, 15) is 9.59 Å². The van der Waals surface area contributed by atoms with E-state index in [1.807, 2.05) is 48.0 Å². The highest BCUT2D eigenvalue weighted by atomic mass is 16.2. The fraction of sp³-hybridized carbons (Fsp3) is 0.200. The first-order valence-electron chi connectivity index (χ1n) is 10.7. The summed E-state index contributed by atoms with van der Waals surface area (Å²) in [5.41, 5.74) is 4.31. The number of amides is 2. The number of nitrogens with one attached hydrogen (secondary N) is 2. The van der Waals surface area contributed by atoms with Gasteiger partial charge in [0, 0.05) is 28.9 Å². The van der Waals surface area contributed by atoms with Crippen LogP contribution in [-0.4, -0.2) is 32.6 Å². The number of aryl methyl sites for hydroxylation is 1. The molecule has 1 aliphatic carbocycles. The molecular formula is C25H23N5O2. The zero-order valence-electron chi connectivity index (χ0n) is 17.7. The average Bonchev–Trinajstić information content (AvgIpc) is 3.54. The molecule has 32 heavy (non-hydrogen) atoms. The minimum atomic E-state index is -0.280. The molecule has 0 aliphatic heterocycles. The minimum absolute atomic E-state index is 0.114. The van der Waals surface area contributed by atoms with Gasteiger partial charge in [-0.2, -0.15) is 5.10 Å². The second kappa shape index (κ2) is 8.26. The lowest BCUT2D eigenvalue weighted by Crippen LogP contribution is -2.25. The highest BCUT2D eigenvalue weighted by Crippen LogP contribution is 2.22. The van der Waals surface area contributed by atoms with Crippen molar-refractivity contribution in [1.82, 2.24) is 20.1 Å². The Morgan fingerprint density at radius 1 is 1.00 bits per heavy atom. The predicted molar refractivity (Wildman–Crippen MR) is 123 cm³/mol. The molecule has 2 N–H and O–H groups in total. The quantitative estimate of drug-likeness (QED) is 0.490. The first kappa shape index (κ1) is 19.9. The lowest BCUT2D eigenvalue weighted by Gasteiger charge is -2.11. The molecular weight excluding hydrogens is 402 g/mol. The van der Waals surface area contributed by atoms with Crippen molar-refractivity contribution in [2.45, 2.75) is 32.4 Å². The van der Waals surface area contributed by atoms with E-state index in [-0.39, 0.29) is 17.9 Å². The van der Waals surface area contributed by atoms with E-state index in [4.69, 9.17) is 0 Å². The molecule has 1 saturated carbocycles. The van der Waals surface area contributed by atoms with Crippen LogP contribution in [-0.2, 0) is 6.54 Å². The van der Waals surface area contributed by atoms with Crippen LogP contribution in [0.15, 0.2) is 67.0 Å². The SMILES string of the molecule is Cc1ccc(C(=O)NC2CC2)cc1NC(=O)c1cnc2c(cnn2Cc2ccccc2)c1. The van der Waals surface area contributed by atoms with Gasteiger partial charge in [0.2, 0.25) is 0 Å². The number of anilines is 1. The molecule has 2 aromatic heterocycles. The Morgan fingerprint density at radius 2 is 1.81 bits per heavy atom. The summed E-state index contributed by atoms with van der Waals surface area (Å²) >= 11 is 0. The molecule has 0 unspecified atom stereocenters. The zero-order chi connectivity index (χ0) is 22.1. The third-order valence-corrected chi connectivity index (χ3v) is 5.57. The van der Waals surface area contributed by atoms with Crippen LogP contribution < -0.4 is 10.6 Å². The van der Waals surface area contributed by atoms with Gasteiger partial charge < -0.3 is 10.6 Å². The van der Waals surface area contributed by atoms with Gasteiger partial charge in [-0.05, 0) is 49.1 Å². The normalized spacial score (nSPS) is 13.2. The molecule has 0 radical (unpaired) electrons. The zero-order valence-corrected chi connectivity index (χ0v) is 17.7. The number of rotatable bonds is 6. The van der Waals surface area contributed by atoms with Gasteiger partial charge in [-0.15, -0.1) is 0 Å². The fourth-order valence-electron chi connectivity index (χ4n) is 3.56. The first-order valence-corrected chi connectivity index (χ1v) is 10.7. The van der Waals surface area contributed by atoms with Crippen molar-refractivity contribution >= 4 is 28.5 Å². The number of nitrogens with zero attached hydrogens (tertiary/aromatic N) is 3. The number of aromatic nitrogens is 3. The van der Waals surface area contributed by atoms with Crippen LogP contribution >= 0.6 is 0 Å². The van der Waals surface area contributed by atoms with Crippen LogP contribution in [0.25, 0.3) is 11.0 Å². The van der Waals surface area contributed by atoms with Crippen molar-refractivity contribution in [1.29, 1.82) is 0 Å². The number of hydrogen-bond acceptors (Lipinski definition) is 4. The summed E-state index contributed by atoms with van der Waals surface area (Å²) in [5.74, 6) is -0.394. The lowest BCUT2D eigenvalue weighted by atomic mass is 10.1. The maximum Gasteiger partial charge on any atom is 0.257 e. The number of pyridine rings is 1. The summed E-state index contributed by atoms with van der Waals surface area (Å²) in [4.78, 5) is 29.7. The summed E-state index contributed by atoms with van der Waals surface area (Å²) in [6, 6.07) is 17.4. The van der Waals surface area contributed by atoms with E-state index in [0.29, 0.717) is 23.4 Å². The monoisotopic (exact) mass is 425 g/mol. The predicted octanol–water partition coefficient (Wildman–Crippen LogP) is 3.93. The third-order valence-electron chi connectivity index (χ3n) is 5.57. The van der Waals surface area contributed by atoms with E-state index in [1.54, 1.807) is 30.6 Å². The number of benzene rings is 2. The Balaban J connectivity index is 1.34. The lowest BCUT2D eigenvalue weighted by molar-refractivity contribution is 0.0949. The molecule has 4 aromatic rings. The van der Waals surface area contributed by atoms with Crippen LogP contribution in [0.3, 0.4) is 0 Å². The molecule has 0 bridgehead atoms. The average molecular weight is 425 g/mol. The van der Waals surface area contributed by atoms with Crippen molar-refractivity contribution in [2.75, 3.05) is 5.32 Å². The van der Waals surface area contributed by atoms with Crippen molar-refractivity contribution in [3.63, 3.8) is 0 Å². The Hall–Kier alpha value is -4.00. The van der Waals surface area contributed by atoms with E-state index in [1.165, 1.54) is 0 Å². The van der Waals surface area contributed by atoms with Crippen molar-refractivity contribution < 1.29 is 9.59 Å². The molecule has 1 fully saturated rings. The van der Waals surface area contributed by atoms with Gasteiger partial charge in [0.1, 0.15) is 0 Å². The van der Waals surface area contributed by atoms with Gasteiger partial charge in [-0.25, -0.2) is 9.67 Å². The topological polar surface area (TPSA) is 88.9 Å². The van der Waals surface area contributed by atoms with Crippen LogP contribution in [0.2, 0.25) is 0 Å². The number of carbonyl (C=O) groups is 2. The molecule has 0 atom stereocenters. The molecule has 1 aliphatic rings. The number of hydrogen-bond donors (Lipinski definition) is 2. The first-order chi connectivity index (χ1) is 15.6. The maximum absolute atomic E-state index is 12.9. The third kappa shape index (κ3) is 4.23. The van der Waals surface area contributed by atoms with Gasteiger partial charge in [-0.3, -0.25) is 9.59 Å². The highest BCUT2D eigenvalue weighted by molar-refractivity contribution is 6.06. The second-order valence-corrected chi connectivity index (χ2v) is 8.16. The van der Waals surface area contributed by atoms with E-state index in [2.05, 4.69) is 20.7 Å². The summed E-state index contributed by atoms with van der Waals surface area (Å²) in [6.45, 7) is 2.50. The maximum atomic E-state index is 12.9. The molecule has 2 aromatic carbocycles. The number of fused-ring (bicyclic) bond motifs is 1. The summed E-state index contributed by atoms with van der Waals surface area (Å²) in [7, 11) is 0. The molecule has 160 valence electrons. The van der Waals surface area contributed by atoms with E-state index >= 15 is 0 Å². The highest BCUT2D eigenvalue weighted by Gasteiger charge is 2.24. The van der Waals surface area contributed by atoms with E-state index in [0.717, 1.165) is 35.0 Å². The van der Waals surface area contributed by atoms with Crippen LogP contribution in [0.4, 0.5) is 5.69 Å². The molecule has 2 heterocycles. The van der Waals surface area contributed by atoms with Gasteiger partial charge >= 0.3 is 0 Å². The molecule has 0 saturated heterocycles. The van der Waals surface area contributed by atoms with Crippen LogP contribution in [0.1, 0.15) is 44.7 Å². The van der Waals surface area contributed by atoms with Crippen LogP contribution in [0.5, 0.6) is 0 Å². The van der Waals surface area contributed by atoms with Gasteiger partial charge in [0.25, 0.3) is 11.8 Å². The van der Waals surface area contributed by atoms with Crippen molar-refractivity contribution in [3.8, 4) is 0 Å².